The fourth-order valence-corrected chi connectivity index (χ4v) is 2.95. The van der Waals surface area contributed by atoms with Crippen molar-refractivity contribution >= 4 is 11.3 Å². The first-order chi connectivity index (χ1) is 7.31. The first-order valence-electron chi connectivity index (χ1n) is 5.35. The molecular formula is C12H17NOS. The van der Waals surface area contributed by atoms with E-state index in [0.717, 1.165) is 19.4 Å². The zero-order valence-corrected chi connectivity index (χ0v) is 10.1. The maximum atomic E-state index is 5.40. The molecular weight excluding hydrogens is 206 g/mol. The molecule has 2 nitrogen and oxygen atoms in total. The average molecular weight is 223 g/mol. The Bertz CT molecular complexity index is 356. The molecule has 15 heavy (non-hydrogen) atoms. The Labute approximate surface area is 95.0 Å². The summed E-state index contributed by atoms with van der Waals surface area (Å²) in [5, 5.41) is 3.36. The summed E-state index contributed by atoms with van der Waals surface area (Å²) < 4.78 is 5.40. The largest absolute Gasteiger partial charge is 0.501 e. The van der Waals surface area contributed by atoms with Gasteiger partial charge in [0, 0.05) is 9.75 Å². The van der Waals surface area contributed by atoms with Crippen LogP contribution in [0.4, 0.5) is 0 Å². The molecule has 0 saturated heterocycles. The molecule has 0 fully saturated rings. The third-order valence-corrected chi connectivity index (χ3v) is 3.73. The predicted octanol–water partition coefficient (Wildman–Crippen LogP) is 3.01. The molecule has 1 aliphatic rings. The van der Waals surface area contributed by atoms with Crippen LogP contribution in [0.25, 0.3) is 0 Å². The van der Waals surface area contributed by atoms with Gasteiger partial charge >= 0.3 is 0 Å². The predicted molar refractivity (Wildman–Crippen MR) is 64.1 cm³/mol. The van der Waals surface area contributed by atoms with Gasteiger partial charge in [-0.2, -0.15) is 0 Å². The summed E-state index contributed by atoms with van der Waals surface area (Å²) in [6.07, 6.45) is 4.20. The van der Waals surface area contributed by atoms with E-state index in [1.807, 2.05) is 24.6 Å². The number of aryl methyl sites for hydroxylation is 1. The highest BCUT2D eigenvalue weighted by molar-refractivity contribution is 7.12. The summed E-state index contributed by atoms with van der Waals surface area (Å²) in [6.45, 7) is 3.01. The van der Waals surface area contributed by atoms with Gasteiger partial charge in [-0.1, -0.05) is 0 Å². The zero-order valence-electron chi connectivity index (χ0n) is 9.25. The van der Waals surface area contributed by atoms with Crippen LogP contribution in [-0.4, -0.2) is 13.7 Å². The van der Waals surface area contributed by atoms with Crippen molar-refractivity contribution in [2.24, 2.45) is 0 Å². The molecule has 82 valence electrons. The standard InChI is InChI=1S/C12H17NOS/c1-9-5-6-11(15-9)12(13-2)10-4-3-7-14-8-10/h5-6,8,12-13H,3-4,7H2,1-2H3. The smallest absolute Gasteiger partial charge is 0.0876 e. The van der Waals surface area contributed by atoms with Crippen LogP contribution < -0.4 is 5.32 Å². The van der Waals surface area contributed by atoms with Gasteiger partial charge in [-0.05, 0) is 44.5 Å². The number of hydrogen-bond acceptors (Lipinski definition) is 3. The van der Waals surface area contributed by atoms with Crippen LogP contribution in [0.3, 0.4) is 0 Å². The molecule has 0 aromatic carbocycles. The second kappa shape index (κ2) is 4.81. The lowest BCUT2D eigenvalue weighted by molar-refractivity contribution is 0.220. The minimum atomic E-state index is 0.337. The summed E-state index contributed by atoms with van der Waals surface area (Å²) in [7, 11) is 2.01. The van der Waals surface area contributed by atoms with Gasteiger partial charge in [0.25, 0.3) is 0 Å². The van der Waals surface area contributed by atoms with Gasteiger partial charge in [0.1, 0.15) is 0 Å². The van der Waals surface area contributed by atoms with Crippen molar-refractivity contribution in [1.29, 1.82) is 0 Å². The minimum Gasteiger partial charge on any atom is -0.501 e. The third kappa shape index (κ3) is 2.41. The summed E-state index contributed by atoms with van der Waals surface area (Å²) in [6, 6.07) is 4.72. The average Bonchev–Trinajstić information content (AvgIpc) is 2.68. The van der Waals surface area contributed by atoms with Crippen molar-refractivity contribution in [3.63, 3.8) is 0 Å². The van der Waals surface area contributed by atoms with Crippen molar-refractivity contribution in [1.82, 2.24) is 5.32 Å². The number of hydrogen-bond donors (Lipinski definition) is 1. The lowest BCUT2D eigenvalue weighted by Crippen LogP contribution is -2.19. The highest BCUT2D eigenvalue weighted by atomic mass is 32.1. The van der Waals surface area contributed by atoms with Gasteiger partial charge in [0.05, 0.1) is 18.9 Å². The van der Waals surface area contributed by atoms with Crippen molar-refractivity contribution in [3.05, 3.63) is 33.7 Å². The first kappa shape index (κ1) is 10.7. The van der Waals surface area contributed by atoms with Gasteiger partial charge in [-0.3, -0.25) is 0 Å². The molecule has 0 spiro atoms. The Morgan fingerprint density at radius 1 is 1.47 bits per heavy atom. The Kier molecular flexibility index (Phi) is 3.44. The molecule has 3 heteroatoms. The quantitative estimate of drug-likeness (QED) is 0.850. The Morgan fingerprint density at radius 2 is 2.33 bits per heavy atom. The van der Waals surface area contributed by atoms with E-state index in [9.17, 15) is 0 Å². The maximum absolute atomic E-state index is 5.40. The minimum absolute atomic E-state index is 0.337. The van der Waals surface area contributed by atoms with Crippen LogP contribution >= 0.6 is 11.3 Å². The number of likely N-dealkylation sites (N-methyl/N-ethyl adjacent to an activating group) is 1. The maximum Gasteiger partial charge on any atom is 0.0876 e. The molecule has 0 saturated carbocycles. The molecule has 1 atom stereocenters. The molecule has 1 unspecified atom stereocenters. The Balaban J connectivity index is 2.19. The molecule has 0 amide bonds. The molecule has 2 heterocycles. The van der Waals surface area contributed by atoms with E-state index in [0.29, 0.717) is 6.04 Å². The lowest BCUT2D eigenvalue weighted by Gasteiger charge is -2.21. The van der Waals surface area contributed by atoms with E-state index in [4.69, 9.17) is 4.74 Å². The molecule has 0 aliphatic carbocycles. The SMILES string of the molecule is CNC(C1=COCCC1)c1ccc(C)s1. The normalized spacial score (nSPS) is 18.1. The molecule has 2 rings (SSSR count). The van der Waals surface area contributed by atoms with Gasteiger partial charge in [0.2, 0.25) is 0 Å². The van der Waals surface area contributed by atoms with Crippen molar-refractivity contribution in [2.75, 3.05) is 13.7 Å². The number of rotatable bonds is 3. The van der Waals surface area contributed by atoms with Crippen LogP contribution in [0.1, 0.15) is 28.6 Å². The number of nitrogens with one attached hydrogen (secondary N) is 1. The van der Waals surface area contributed by atoms with Gasteiger partial charge in [-0.15, -0.1) is 11.3 Å². The fraction of sp³-hybridized carbons (Fsp3) is 0.500. The zero-order chi connectivity index (χ0) is 10.7. The van der Waals surface area contributed by atoms with E-state index < -0.39 is 0 Å². The highest BCUT2D eigenvalue weighted by Gasteiger charge is 2.18. The molecule has 1 N–H and O–H groups in total. The number of ether oxygens (including phenoxy) is 1. The number of thiophene rings is 1. The van der Waals surface area contributed by atoms with E-state index in [2.05, 4.69) is 24.4 Å². The van der Waals surface area contributed by atoms with Crippen LogP contribution in [0.2, 0.25) is 0 Å². The van der Waals surface area contributed by atoms with E-state index in [-0.39, 0.29) is 0 Å². The highest BCUT2D eigenvalue weighted by Crippen LogP contribution is 2.31. The second-order valence-electron chi connectivity index (χ2n) is 3.84. The molecule has 1 aromatic rings. The third-order valence-electron chi connectivity index (χ3n) is 2.67. The van der Waals surface area contributed by atoms with Crippen molar-refractivity contribution in [2.45, 2.75) is 25.8 Å². The van der Waals surface area contributed by atoms with Crippen LogP contribution in [0, 0.1) is 6.92 Å². The first-order valence-corrected chi connectivity index (χ1v) is 6.17. The molecule has 0 bridgehead atoms. The Hall–Kier alpha value is -0.800. The monoisotopic (exact) mass is 223 g/mol. The molecule has 0 radical (unpaired) electrons. The summed E-state index contributed by atoms with van der Waals surface area (Å²) in [5.41, 5.74) is 1.37. The van der Waals surface area contributed by atoms with E-state index >= 15 is 0 Å². The fourth-order valence-electron chi connectivity index (χ4n) is 1.92. The second-order valence-corrected chi connectivity index (χ2v) is 5.16. The van der Waals surface area contributed by atoms with Crippen molar-refractivity contribution in [3.8, 4) is 0 Å². The summed E-state index contributed by atoms with van der Waals surface area (Å²) in [5.74, 6) is 0. The van der Waals surface area contributed by atoms with Crippen LogP contribution in [-0.2, 0) is 4.74 Å². The summed E-state index contributed by atoms with van der Waals surface area (Å²) >= 11 is 1.86. The van der Waals surface area contributed by atoms with Gasteiger partial charge < -0.3 is 10.1 Å². The Morgan fingerprint density at radius 3 is 2.87 bits per heavy atom. The topological polar surface area (TPSA) is 21.3 Å². The van der Waals surface area contributed by atoms with E-state index in [1.54, 1.807) is 0 Å². The van der Waals surface area contributed by atoms with Crippen molar-refractivity contribution < 1.29 is 4.74 Å². The van der Waals surface area contributed by atoms with Crippen LogP contribution in [0.15, 0.2) is 24.0 Å². The lowest BCUT2D eigenvalue weighted by atomic mass is 10.0. The summed E-state index contributed by atoms with van der Waals surface area (Å²) in [4.78, 5) is 2.74. The van der Waals surface area contributed by atoms with Crippen LogP contribution in [0.5, 0.6) is 0 Å². The van der Waals surface area contributed by atoms with Gasteiger partial charge in [0.15, 0.2) is 0 Å². The molecule has 1 aliphatic heterocycles. The van der Waals surface area contributed by atoms with Gasteiger partial charge in [-0.25, -0.2) is 0 Å². The van der Waals surface area contributed by atoms with E-state index in [1.165, 1.54) is 15.3 Å². The molecule has 1 aromatic heterocycles.